The van der Waals surface area contributed by atoms with Crippen LogP contribution in [0.4, 0.5) is 0 Å². The monoisotopic (exact) mass is 247 g/mol. The Labute approximate surface area is 106 Å². The van der Waals surface area contributed by atoms with Crippen molar-refractivity contribution in [1.29, 1.82) is 0 Å². The lowest BCUT2D eigenvalue weighted by Gasteiger charge is -2.13. The lowest BCUT2D eigenvalue weighted by atomic mass is 9.98. The Balaban J connectivity index is 2.20. The first-order chi connectivity index (χ1) is 8.74. The van der Waals surface area contributed by atoms with Crippen LogP contribution >= 0.6 is 0 Å². The van der Waals surface area contributed by atoms with E-state index in [1.807, 2.05) is 24.3 Å². The van der Waals surface area contributed by atoms with E-state index in [0.29, 0.717) is 18.3 Å². The van der Waals surface area contributed by atoms with Crippen molar-refractivity contribution in [3.63, 3.8) is 0 Å². The van der Waals surface area contributed by atoms with E-state index in [9.17, 15) is 0 Å². The van der Waals surface area contributed by atoms with Crippen molar-refractivity contribution in [1.82, 2.24) is 10.2 Å². The molecule has 1 aromatic carbocycles. The molecule has 96 valence electrons. The van der Waals surface area contributed by atoms with Crippen LogP contribution in [0.1, 0.15) is 23.3 Å². The van der Waals surface area contributed by atoms with Gasteiger partial charge in [-0.2, -0.15) is 0 Å². The van der Waals surface area contributed by atoms with E-state index >= 15 is 0 Å². The summed E-state index contributed by atoms with van der Waals surface area (Å²) in [7, 11) is 1.66. The molecule has 5 nitrogen and oxygen atoms in total. The van der Waals surface area contributed by atoms with Gasteiger partial charge in [0.1, 0.15) is 5.75 Å². The Morgan fingerprint density at radius 2 is 2.11 bits per heavy atom. The van der Waals surface area contributed by atoms with Crippen molar-refractivity contribution < 1.29 is 9.15 Å². The first-order valence-corrected chi connectivity index (χ1v) is 5.86. The number of aromatic nitrogens is 2. The molecule has 1 atom stereocenters. The van der Waals surface area contributed by atoms with Crippen LogP contribution in [0.15, 0.2) is 28.7 Å². The summed E-state index contributed by atoms with van der Waals surface area (Å²) < 4.78 is 10.8. The number of aryl methyl sites for hydroxylation is 1. The summed E-state index contributed by atoms with van der Waals surface area (Å²) in [6.07, 6.45) is 0.724. The molecule has 1 aromatic heterocycles. The Hall–Kier alpha value is -1.88. The Bertz CT molecular complexity index is 510. The largest absolute Gasteiger partial charge is 0.496 e. The van der Waals surface area contributed by atoms with Crippen LogP contribution in [0.3, 0.4) is 0 Å². The normalized spacial score (nSPS) is 12.4. The van der Waals surface area contributed by atoms with Gasteiger partial charge in [0.15, 0.2) is 0 Å². The van der Waals surface area contributed by atoms with Crippen LogP contribution in [0.2, 0.25) is 0 Å². The minimum atomic E-state index is 0.0162. The minimum Gasteiger partial charge on any atom is -0.496 e. The number of nitrogens with two attached hydrogens (primary N) is 1. The number of methoxy groups -OCH3 is 1. The van der Waals surface area contributed by atoms with Crippen molar-refractivity contribution in [3.8, 4) is 5.75 Å². The van der Waals surface area contributed by atoms with E-state index in [4.69, 9.17) is 14.9 Å². The highest BCUT2D eigenvalue weighted by atomic mass is 16.5. The molecule has 2 rings (SSSR count). The summed E-state index contributed by atoms with van der Waals surface area (Å²) in [6.45, 7) is 2.23. The van der Waals surface area contributed by atoms with Gasteiger partial charge in [0.05, 0.1) is 13.0 Å². The first kappa shape index (κ1) is 12.6. The topological polar surface area (TPSA) is 74.2 Å². The van der Waals surface area contributed by atoms with Gasteiger partial charge >= 0.3 is 0 Å². The molecule has 0 aliphatic carbocycles. The maximum atomic E-state index is 5.78. The molecular weight excluding hydrogens is 230 g/mol. The maximum absolute atomic E-state index is 5.78. The third-order valence-electron chi connectivity index (χ3n) is 2.83. The highest BCUT2D eigenvalue weighted by Gasteiger charge is 2.18. The van der Waals surface area contributed by atoms with Crippen LogP contribution in [-0.2, 0) is 6.42 Å². The van der Waals surface area contributed by atoms with Gasteiger partial charge in [-0.3, -0.25) is 0 Å². The van der Waals surface area contributed by atoms with Crippen molar-refractivity contribution in [3.05, 3.63) is 41.6 Å². The minimum absolute atomic E-state index is 0.0162. The zero-order chi connectivity index (χ0) is 13.0. The molecule has 0 aliphatic heterocycles. The molecule has 0 saturated carbocycles. The summed E-state index contributed by atoms with van der Waals surface area (Å²) in [5.41, 5.74) is 6.87. The maximum Gasteiger partial charge on any atom is 0.221 e. The van der Waals surface area contributed by atoms with Crippen LogP contribution in [0.5, 0.6) is 5.75 Å². The third kappa shape index (κ3) is 2.68. The zero-order valence-electron chi connectivity index (χ0n) is 10.6. The van der Waals surface area contributed by atoms with Crippen LogP contribution in [0.25, 0.3) is 0 Å². The number of hydrogen-bond acceptors (Lipinski definition) is 5. The van der Waals surface area contributed by atoms with E-state index in [0.717, 1.165) is 17.7 Å². The van der Waals surface area contributed by atoms with Crippen molar-refractivity contribution in [2.75, 3.05) is 13.7 Å². The fourth-order valence-corrected chi connectivity index (χ4v) is 1.89. The summed E-state index contributed by atoms with van der Waals surface area (Å²) in [5, 5.41) is 7.87. The number of rotatable bonds is 5. The average molecular weight is 247 g/mol. The smallest absolute Gasteiger partial charge is 0.221 e. The molecule has 0 radical (unpaired) electrons. The fourth-order valence-electron chi connectivity index (χ4n) is 1.89. The van der Waals surface area contributed by atoms with Gasteiger partial charge in [-0.15, -0.1) is 10.2 Å². The van der Waals surface area contributed by atoms with E-state index in [2.05, 4.69) is 10.2 Å². The molecule has 0 bridgehead atoms. The second-order valence-corrected chi connectivity index (χ2v) is 4.11. The highest BCUT2D eigenvalue weighted by molar-refractivity contribution is 5.34. The summed E-state index contributed by atoms with van der Waals surface area (Å²) in [4.78, 5) is 0. The zero-order valence-corrected chi connectivity index (χ0v) is 10.6. The second-order valence-electron chi connectivity index (χ2n) is 4.11. The first-order valence-electron chi connectivity index (χ1n) is 5.86. The van der Waals surface area contributed by atoms with Crippen molar-refractivity contribution >= 4 is 0 Å². The Morgan fingerprint density at radius 3 is 2.72 bits per heavy atom. The van der Waals surface area contributed by atoms with Gasteiger partial charge < -0.3 is 14.9 Å². The summed E-state index contributed by atoms with van der Waals surface area (Å²) in [5.74, 6) is 2.01. The molecule has 1 unspecified atom stereocenters. The summed E-state index contributed by atoms with van der Waals surface area (Å²) >= 11 is 0. The highest BCUT2D eigenvalue weighted by Crippen LogP contribution is 2.25. The Kier molecular flexibility index (Phi) is 3.94. The molecule has 1 heterocycles. The van der Waals surface area contributed by atoms with Crippen LogP contribution in [-0.4, -0.2) is 23.9 Å². The summed E-state index contributed by atoms with van der Waals surface area (Å²) in [6, 6.07) is 7.87. The number of hydrogen-bond donors (Lipinski definition) is 1. The second kappa shape index (κ2) is 5.64. The van der Waals surface area contributed by atoms with E-state index in [-0.39, 0.29) is 5.92 Å². The van der Waals surface area contributed by atoms with Crippen LogP contribution in [0, 0.1) is 6.92 Å². The van der Waals surface area contributed by atoms with E-state index < -0.39 is 0 Å². The molecule has 0 amide bonds. The Morgan fingerprint density at radius 1 is 1.33 bits per heavy atom. The molecule has 18 heavy (non-hydrogen) atoms. The standard InChI is InChI=1S/C13H17N3O2/c1-9-15-16-13(18-9)11(8-14)7-10-5-3-4-6-12(10)17-2/h3-6,11H,7-8,14H2,1-2H3. The molecule has 5 heteroatoms. The fraction of sp³-hybridized carbons (Fsp3) is 0.385. The number of ether oxygens (including phenoxy) is 1. The van der Waals surface area contributed by atoms with Gasteiger partial charge in [0.25, 0.3) is 0 Å². The third-order valence-corrected chi connectivity index (χ3v) is 2.83. The number of benzene rings is 1. The predicted octanol–water partition coefficient (Wildman–Crippen LogP) is 1.67. The van der Waals surface area contributed by atoms with E-state index in [1.54, 1.807) is 14.0 Å². The number of para-hydroxylation sites is 1. The molecule has 0 spiro atoms. The molecule has 2 N–H and O–H groups in total. The molecule has 0 fully saturated rings. The number of nitrogens with zero attached hydrogens (tertiary/aromatic N) is 2. The van der Waals surface area contributed by atoms with Gasteiger partial charge in [-0.25, -0.2) is 0 Å². The van der Waals surface area contributed by atoms with Crippen molar-refractivity contribution in [2.24, 2.45) is 5.73 Å². The SMILES string of the molecule is COc1ccccc1CC(CN)c1nnc(C)o1. The van der Waals surface area contributed by atoms with E-state index in [1.165, 1.54) is 0 Å². The molecular formula is C13H17N3O2. The molecule has 0 aliphatic rings. The molecule has 2 aromatic rings. The predicted molar refractivity (Wildman–Crippen MR) is 67.5 cm³/mol. The average Bonchev–Trinajstić information content (AvgIpc) is 2.83. The van der Waals surface area contributed by atoms with Gasteiger partial charge in [0, 0.05) is 13.5 Å². The van der Waals surface area contributed by atoms with Crippen molar-refractivity contribution in [2.45, 2.75) is 19.3 Å². The molecule has 0 saturated heterocycles. The lowest BCUT2D eigenvalue weighted by molar-refractivity contribution is 0.399. The quantitative estimate of drug-likeness (QED) is 0.870. The van der Waals surface area contributed by atoms with Crippen LogP contribution < -0.4 is 10.5 Å². The van der Waals surface area contributed by atoms with Gasteiger partial charge in [-0.05, 0) is 18.1 Å². The van der Waals surface area contributed by atoms with Gasteiger partial charge in [0.2, 0.25) is 11.8 Å². The lowest BCUT2D eigenvalue weighted by Crippen LogP contribution is -2.15. The van der Waals surface area contributed by atoms with Gasteiger partial charge in [-0.1, -0.05) is 18.2 Å².